The van der Waals surface area contributed by atoms with E-state index in [9.17, 15) is 4.79 Å². The standard InChI is InChI=1S/C19H24N6O/c1-3-17-21-14-7-4-5-8-15(14)24(17)12-10-18(26)25-11-6-9-16(25)19-20-13(2)22-23-19/h4-5,7-8,16H,3,6,9-12H2,1-2H3,(H,20,22,23). The van der Waals surface area contributed by atoms with Gasteiger partial charge < -0.3 is 9.47 Å². The second-order valence-corrected chi connectivity index (χ2v) is 6.80. The third kappa shape index (κ3) is 2.98. The van der Waals surface area contributed by atoms with Gasteiger partial charge in [-0.25, -0.2) is 9.97 Å². The van der Waals surface area contributed by atoms with Crippen LogP contribution < -0.4 is 0 Å². The van der Waals surface area contributed by atoms with Gasteiger partial charge >= 0.3 is 0 Å². The van der Waals surface area contributed by atoms with E-state index < -0.39 is 0 Å². The molecule has 4 rings (SSSR count). The van der Waals surface area contributed by atoms with Crippen LogP contribution in [0.25, 0.3) is 11.0 Å². The summed E-state index contributed by atoms with van der Waals surface area (Å²) in [4.78, 5) is 23.9. The zero-order chi connectivity index (χ0) is 18.1. The largest absolute Gasteiger partial charge is 0.332 e. The summed E-state index contributed by atoms with van der Waals surface area (Å²) in [5.41, 5.74) is 2.09. The Labute approximate surface area is 152 Å². The highest BCUT2D eigenvalue weighted by atomic mass is 16.2. The number of nitrogens with zero attached hydrogens (tertiary/aromatic N) is 5. The van der Waals surface area contributed by atoms with E-state index in [4.69, 9.17) is 0 Å². The summed E-state index contributed by atoms with van der Waals surface area (Å²) >= 11 is 0. The van der Waals surface area contributed by atoms with Gasteiger partial charge in [-0.05, 0) is 31.9 Å². The number of para-hydroxylation sites is 2. The average Bonchev–Trinajstić information content (AvgIpc) is 3.37. The van der Waals surface area contributed by atoms with Crippen molar-refractivity contribution in [3.8, 4) is 0 Å². The lowest BCUT2D eigenvalue weighted by atomic mass is 10.2. The van der Waals surface area contributed by atoms with Crippen LogP contribution >= 0.6 is 0 Å². The van der Waals surface area contributed by atoms with E-state index >= 15 is 0 Å². The summed E-state index contributed by atoms with van der Waals surface area (Å²) in [5, 5.41) is 7.15. The number of benzene rings is 1. The van der Waals surface area contributed by atoms with Crippen molar-refractivity contribution < 1.29 is 4.79 Å². The van der Waals surface area contributed by atoms with Crippen molar-refractivity contribution in [2.75, 3.05) is 6.54 Å². The Bertz CT molecular complexity index is 927. The highest BCUT2D eigenvalue weighted by Gasteiger charge is 2.32. The van der Waals surface area contributed by atoms with E-state index in [2.05, 4.69) is 37.7 Å². The van der Waals surface area contributed by atoms with Gasteiger partial charge in [0.2, 0.25) is 5.91 Å². The topological polar surface area (TPSA) is 79.7 Å². The zero-order valence-electron chi connectivity index (χ0n) is 15.3. The number of fused-ring (bicyclic) bond motifs is 1. The predicted molar refractivity (Wildman–Crippen MR) is 98.5 cm³/mol. The molecule has 3 aromatic rings. The molecule has 0 radical (unpaired) electrons. The number of aromatic nitrogens is 5. The minimum absolute atomic E-state index is 0.00220. The Morgan fingerprint density at radius 1 is 1.31 bits per heavy atom. The van der Waals surface area contributed by atoms with E-state index in [0.717, 1.165) is 54.3 Å². The number of likely N-dealkylation sites (tertiary alicyclic amines) is 1. The molecule has 7 heteroatoms. The lowest BCUT2D eigenvalue weighted by Crippen LogP contribution is -2.31. The fraction of sp³-hybridized carbons (Fsp3) is 0.474. The molecule has 1 amide bonds. The second-order valence-electron chi connectivity index (χ2n) is 6.80. The van der Waals surface area contributed by atoms with Gasteiger partial charge in [-0.15, -0.1) is 0 Å². The SMILES string of the molecule is CCc1nc2ccccc2n1CCC(=O)N1CCCC1c1n[nH]c(C)n1. The monoisotopic (exact) mass is 352 g/mol. The number of imidazole rings is 1. The van der Waals surface area contributed by atoms with Gasteiger partial charge in [-0.2, -0.15) is 5.10 Å². The number of carbonyl (C=O) groups is 1. The molecule has 1 aliphatic heterocycles. The van der Waals surface area contributed by atoms with Crippen molar-refractivity contribution >= 4 is 16.9 Å². The predicted octanol–water partition coefficient (Wildman–Crippen LogP) is 2.78. The van der Waals surface area contributed by atoms with Crippen LogP contribution in [0.3, 0.4) is 0 Å². The fourth-order valence-corrected chi connectivity index (χ4v) is 3.84. The molecule has 1 atom stereocenters. The molecule has 26 heavy (non-hydrogen) atoms. The summed E-state index contributed by atoms with van der Waals surface area (Å²) in [7, 11) is 0. The first-order valence-electron chi connectivity index (χ1n) is 9.30. The van der Waals surface area contributed by atoms with Gasteiger partial charge in [0.25, 0.3) is 0 Å². The number of aryl methyl sites for hydroxylation is 3. The van der Waals surface area contributed by atoms with Crippen molar-refractivity contribution in [3.63, 3.8) is 0 Å². The maximum atomic E-state index is 12.9. The Balaban J connectivity index is 1.50. The molecule has 1 aromatic carbocycles. The quantitative estimate of drug-likeness (QED) is 0.766. The van der Waals surface area contributed by atoms with Crippen LogP contribution in [0.1, 0.15) is 49.7 Å². The van der Waals surface area contributed by atoms with Gasteiger partial charge in [-0.1, -0.05) is 19.1 Å². The molecule has 0 aliphatic carbocycles. The molecular formula is C19H24N6O. The number of amides is 1. The highest BCUT2D eigenvalue weighted by Crippen LogP contribution is 2.30. The molecule has 0 spiro atoms. The Hall–Kier alpha value is -2.70. The van der Waals surface area contributed by atoms with Gasteiger partial charge in [0.15, 0.2) is 5.82 Å². The van der Waals surface area contributed by atoms with Crippen LogP contribution in [0, 0.1) is 6.92 Å². The van der Waals surface area contributed by atoms with Crippen molar-refractivity contribution in [1.29, 1.82) is 0 Å². The van der Waals surface area contributed by atoms with Crippen LogP contribution in [-0.4, -0.2) is 42.1 Å². The lowest BCUT2D eigenvalue weighted by Gasteiger charge is -2.23. The summed E-state index contributed by atoms with van der Waals surface area (Å²) in [6.07, 6.45) is 3.24. The van der Waals surface area contributed by atoms with E-state index in [-0.39, 0.29) is 11.9 Å². The fourth-order valence-electron chi connectivity index (χ4n) is 3.84. The second kappa shape index (κ2) is 6.90. The Morgan fingerprint density at radius 2 is 2.15 bits per heavy atom. The first-order valence-corrected chi connectivity index (χ1v) is 9.30. The number of hydrogen-bond acceptors (Lipinski definition) is 4. The maximum absolute atomic E-state index is 12.9. The van der Waals surface area contributed by atoms with Gasteiger partial charge in [0.1, 0.15) is 11.6 Å². The number of carbonyl (C=O) groups excluding carboxylic acids is 1. The first kappa shape index (κ1) is 16.8. The number of H-pyrrole nitrogens is 1. The summed E-state index contributed by atoms with van der Waals surface area (Å²) < 4.78 is 2.18. The minimum Gasteiger partial charge on any atom is -0.332 e. The molecule has 0 bridgehead atoms. The van der Waals surface area contributed by atoms with Gasteiger partial charge in [-0.3, -0.25) is 9.89 Å². The number of hydrogen-bond donors (Lipinski definition) is 1. The van der Waals surface area contributed by atoms with Gasteiger partial charge in [0.05, 0.1) is 17.1 Å². The Kier molecular flexibility index (Phi) is 4.44. The molecule has 1 saturated heterocycles. The summed E-state index contributed by atoms with van der Waals surface area (Å²) in [5.74, 6) is 2.71. The van der Waals surface area contributed by atoms with Gasteiger partial charge in [0, 0.05) is 25.9 Å². The molecule has 3 heterocycles. The normalized spacial score (nSPS) is 17.3. The molecule has 1 N–H and O–H groups in total. The van der Waals surface area contributed by atoms with Crippen LogP contribution in [0.15, 0.2) is 24.3 Å². The molecule has 0 saturated carbocycles. The third-order valence-electron chi connectivity index (χ3n) is 5.08. The van der Waals surface area contributed by atoms with E-state index in [1.807, 2.05) is 30.0 Å². The zero-order valence-corrected chi connectivity index (χ0v) is 15.3. The Morgan fingerprint density at radius 3 is 2.92 bits per heavy atom. The number of aromatic amines is 1. The minimum atomic E-state index is -0.00220. The molecule has 2 aromatic heterocycles. The highest BCUT2D eigenvalue weighted by molar-refractivity contribution is 5.78. The molecule has 7 nitrogen and oxygen atoms in total. The first-order chi connectivity index (χ1) is 12.7. The van der Waals surface area contributed by atoms with Crippen LogP contribution in [0.2, 0.25) is 0 Å². The smallest absolute Gasteiger partial charge is 0.224 e. The average molecular weight is 352 g/mol. The number of nitrogens with one attached hydrogen (secondary N) is 1. The van der Waals surface area contributed by atoms with Crippen molar-refractivity contribution in [2.45, 2.75) is 52.1 Å². The van der Waals surface area contributed by atoms with Crippen molar-refractivity contribution in [1.82, 2.24) is 29.6 Å². The molecule has 1 unspecified atom stereocenters. The maximum Gasteiger partial charge on any atom is 0.224 e. The molecule has 1 fully saturated rings. The molecular weight excluding hydrogens is 328 g/mol. The van der Waals surface area contributed by atoms with E-state index in [1.54, 1.807) is 0 Å². The summed E-state index contributed by atoms with van der Waals surface area (Å²) in [6, 6.07) is 8.11. The third-order valence-corrected chi connectivity index (χ3v) is 5.08. The van der Waals surface area contributed by atoms with E-state index in [0.29, 0.717) is 13.0 Å². The van der Waals surface area contributed by atoms with E-state index in [1.165, 1.54) is 0 Å². The number of rotatable bonds is 5. The van der Waals surface area contributed by atoms with Crippen molar-refractivity contribution in [2.24, 2.45) is 0 Å². The van der Waals surface area contributed by atoms with Crippen LogP contribution in [0.5, 0.6) is 0 Å². The summed E-state index contributed by atoms with van der Waals surface area (Å²) in [6.45, 7) is 5.41. The van der Waals surface area contributed by atoms with Crippen LogP contribution in [-0.2, 0) is 17.8 Å². The van der Waals surface area contributed by atoms with Crippen LogP contribution in [0.4, 0.5) is 0 Å². The molecule has 136 valence electrons. The lowest BCUT2D eigenvalue weighted by molar-refractivity contribution is -0.132. The van der Waals surface area contributed by atoms with Crippen molar-refractivity contribution in [3.05, 3.63) is 41.7 Å². The molecule has 1 aliphatic rings.